The fourth-order valence-electron chi connectivity index (χ4n) is 2.59. The summed E-state index contributed by atoms with van der Waals surface area (Å²) in [6.07, 6.45) is 0. The summed E-state index contributed by atoms with van der Waals surface area (Å²) in [5.74, 6) is -0.719. The van der Waals surface area contributed by atoms with Gasteiger partial charge < -0.3 is 11.1 Å². The number of nitrogens with two attached hydrogens (primary N) is 1. The van der Waals surface area contributed by atoms with Crippen LogP contribution in [0.15, 0.2) is 36.4 Å². The first-order chi connectivity index (χ1) is 12.3. The van der Waals surface area contributed by atoms with E-state index in [-0.39, 0.29) is 15.7 Å². The van der Waals surface area contributed by atoms with Crippen molar-refractivity contribution >= 4 is 52.6 Å². The Bertz CT molecular complexity index is 1070. The van der Waals surface area contributed by atoms with Crippen LogP contribution in [0.5, 0.6) is 0 Å². The molecule has 134 valence electrons. The molecule has 3 N–H and O–H groups in total. The minimum absolute atomic E-state index is 0.0729. The summed E-state index contributed by atoms with van der Waals surface area (Å²) in [7, 11) is 0. The lowest BCUT2D eigenvalue weighted by molar-refractivity contribution is 0.103. The highest BCUT2D eigenvalue weighted by atomic mass is 35.5. The second-order valence-electron chi connectivity index (χ2n) is 5.79. The molecule has 0 bridgehead atoms. The highest BCUT2D eigenvalue weighted by Crippen LogP contribution is 2.29. The normalized spacial score (nSPS) is 10.8. The van der Waals surface area contributed by atoms with Gasteiger partial charge in [-0.1, -0.05) is 40.6 Å². The molecule has 0 fully saturated rings. The molecule has 0 unspecified atom stereocenters. The third kappa shape index (κ3) is 3.51. The lowest BCUT2D eigenvalue weighted by Gasteiger charge is -2.11. The van der Waals surface area contributed by atoms with Crippen molar-refractivity contribution in [3.63, 3.8) is 0 Å². The Morgan fingerprint density at radius 3 is 2.65 bits per heavy atom. The van der Waals surface area contributed by atoms with Gasteiger partial charge in [0.05, 0.1) is 10.7 Å². The van der Waals surface area contributed by atoms with Gasteiger partial charge >= 0.3 is 0 Å². The Kier molecular flexibility index (Phi) is 5.13. The first kappa shape index (κ1) is 18.6. The van der Waals surface area contributed by atoms with Gasteiger partial charge in [-0.2, -0.15) is 0 Å². The number of anilines is 2. The first-order valence-electron chi connectivity index (χ1n) is 7.63. The summed E-state index contributed by atoms with van der Waals surface area (Å²) in [4.78, 5) is 12.9. The quantitative estimate of drug-likeness (QED) is 0.562. The number of hydrogen-bond acceptors (Lipinski definition) is 4. The topological polar surface area (TPSA) is 60.0 Å². The van der Waals surface area contributed by atoms with Gasteiger partial charge in [0.25, 0.3) is 5.91 Å². The number of rotatable bonds is 3. The lowest BCUT2D eigenvalue weighted by atomic mass is 10.1. The van der Waals surface area contributed by atoms with E-state index in [9.17, 15) is 9.18 Å². The van der Waals surface area contributed by atoms with Gasteiger partial charge in [0.1, 0.15) is 16.5 Å². The number of halogens is 2. The van der Waals surface area contributed by atoms with E-state index in [0.717, 1.165) is 28.2 Å². The molecule has 1 aromatic heterocycles. The molecule has 0 aliphatic rings. The zero-order valence-electron chi connectivity index (χ0n) is 14.0. The van der Waals surface area contributed by atoms with Crippen LogP contribution in [0.3, 0.4) is 0 Å². The van der Waals surface area contributed by atoms with Gasteiger partial charge in [0.15, 0.2) is 3.95 Å². The number of nitrogens with zero attached hydrogens (tertiary/aromatic N) is 1. The van der Waals surface area contributed by atoms with Crippen molar-refractivity contribution in [1.29, 1.82) is 0 Å². The maximum Gasteiger partial charge on any atom is 0.269 e. The molecule has 0 radical (unpaired) electrons. The molecular formula is C18H15ClFN3OS2. The second-order valence-corrected chi connectivity index (χ2v) is 7.84. The lowest BCUT2D eigenvalue weighted by Crippen LogP contribution is -2.13. The molecule has 3 aromatic rings. The number of nitrogen functional groups attached to an aromatic ring is 1. The van der Waals surface area contributed by atoms with Crippen LogP contribution in [0.1, 0.15) is 20.8 Å². The molecule has 3 rings (SSSR count). The van der Waals surface area contributed by atoms with Crippen molar-refractivity contribution in [3.05, 3.63) is 67.2 Å². The number of benzene rings is 2. The zero-order valence-corrected chi connectivity index (χ0v) is 16.4. The van der Waals surface area contributed by atoms with Crippen LogP contribution in [-0.4, -0.2) is 10.5 Å². The van der Waals surface area contributed by atoms with Gasteiger partial charge in [-0.15, -0.1) is 0 Å². The molecule has 2 aromatic carbocycles. The number of carbonyl (C=O) groups is 1. The smallest absolute Gasteiger partial charge is 0.269 e. The average Bonchev–Trinajstić information content (AvgIpc) is 2.86. The Morgan fingerprint density at radius 1 is 1.27 bits per heavy atom. The van der Waals surface area contributed by atoms with E-state index in [0.29, 0.717) is 9.64 Å². The Morgan fingerprint density at radius 2 is 2.00 bits per heavy atom. The fourth-order valence-corrected chi connectivity index (χ4v) is 4.02. The molecule has 0 atom stereocenters. The third-order valence-corrected chi connectivity index (χ3v) is 5.50. The Labute approximate surface area is 164 Å². The monoisotopic (exact) mass is 407 g/mol. The summed E-state index contributed by atoms with van der Waals surface area (Å²) < 4.78 is 15.4. The summed E-state index contributed by atoms with van der Waals surface area (Å²) >= 11 is 12.3. The van der Waals surface area contributed by atoms with Gasteiger partial charge in [0, 0.05) is 5.69 Å². The van der Waals surface area contributed by atoms with E-state index in [2.05, 4.69) is 5.32 Å². The van der Waals surface area contributed by atoms with Crippen molar-refractivity contribution in [2.45, 2.75) is 13.8 Å². The molecule has 1 amide bonds. The number of aryl methyl sites for hydroxylation is 2. The van der Waals surface area contributed by atoms with E-state index in [1.807, 2.05) is 32.0 Å². The number of nitrogens with one attached hydrogen (secondary N) is 1. The standard InChI is InChI=1S/C18H15ClFN3OS2/c1-9-3-6-14(10(2)7-9)23-16(21)15(26-18(23)25)17(24)22-11-4-5-13(20)12(19)8-11/h3-8H,21H2,1-2H3,(H,22,24). The molecule has 0 spiro atoms. The summed E-state index contributed by atoms with van der Waals surface area (Å²) in [5, 5.41) is 2.59. The maximum absolute atomic E-state index is 13.3. The molecular weight excluding hydrogens is 393 g/mol. The minimum Gasteiger partial charge on any atom is -0.383 e. The Balaban J connectivity index is 1.98. The molecule has 0 saturated carbocycles. The second kappa shape index (κ2) is 7.19. The number of hydrogen-bond donors (Lipinski definition) is 2. The fraction of sp³-hybridized carbons (Fsp3) is 0.111. The van der Waals surface area contributed by atoms with E-state index in [4.69, 9.17) is 29.6 Å². The van der Waals surface area contributed by atoms with Gasteiger partial charge in [0.2, 0.25) is 0 Å². The van der Waals surface area contributed by atoms with Crippen LogP contribution in [0.2, 0.25) is 5.02 Å². The van der Waals surface area contributed by atoms with E-state index < -0.39 is 11.7 Å². The van der Waals surface area contributed by atoms with Gasteiger partial charge in [-0.25, -0.2) is 4.39 Å². The van der Waals surface area contributed by atoms with Gasteiger partial charge in [-0.05, 0) is 55.9 Å². The first-order valence-corrected chi connectivity index (χ1v) is 9.23. The van der Waals surface area contributed by atoms with E-state index >= 15 is 0 Å². The Hall–Kier alpha value is -2.22. The van der Waals surface area contributed by atoms with E-state index in [1.54, 1.807) is 4.57 Å². The molecule has 0 saturated heterocycles. The van der Waals surface area contributed by atoms with Crippen molar-refractivity contribution < 1.29 is 9.18 Å². The predicted molar refractivity (Wildman–Crippen MR) is 108 cm³/mol. The van der Waals surface area contributed by atoms with Crippen LogP contribution in [0.4, 0.5) is 15.9 Å². The van der Waals surface area contributed by atoms with Crippen LogP contribution >= 0.6 is 35.2 Å². The molecule has 26 heavy (non-hydrogen) atoms. The SMILES string of the molecule is Cc1ccc(-n2c(N)c(C(=O)Nc3ccc(F)c(Cl)c3)sc2=S)c(C)c1. The average molecular weight is 408 g/mol. The zero-order chi connectivity index (χ0) is 19.0. The molecule has 1 heterocycles. The summed E-state index contributed by atoms with van der Waals surface area (Å²) in [6, 6.07) is 9.85. The number of carbonyl (C=O) groups excluding carboxylic acids is 1. The minimum atomic E-state index is -0.555. The van der Waals surface area contributed by atoms with Crippen molar-refractivity contribution in [3.8, 4) is 5.69 Å². The van der Waals surface area contributed by atoms with Crippen molar-refractivity contribution in [2.75, 3.05) is 11.1 Å². The maximum atomic E-state index is 13.3. The molecule has 0 aliphatic heterocycles. The van der Waals surface area contributed by atoms with Crippen LogP contribution in [0, 0.1) is 23.6 Å². The van der Waals surface area contributed by atoms with Crippen molar-refractivity contribution in [2.24, 2.45) is 0 Å². The number of thiazole rings is 1. The van der Waals surface area contributed by atoms with Crippen LogP contribution < -0.4 is 11.1 Å². The predicted octanol–water partition coefficient (Wildman–Crippen LogP) is 5.51. The highest BCUT2D eigenvalue weighted by Gasteiger charge is 2.19. The van der Waals surface area contributed by atoms with Crippen molar-refractivity contribution in [1.82, 2.24) is 4.57 Å². The number of amides is 1. The van der Waals surface area contributed by atoms with Crippen LogP contribution in [-0.2, 0) is 0 Å². The largest absolute Gasteiger partial charge is 0.383 e. The molecule has 4 nitrogen and oxygen atoms in total. The van der Waals surface area contributed by atoms with E-state index in [1.165, 1.54) is 18.2 Å². The third-order valence-electron chi connectivity index (χ3n) is 3.82. The molecule has 0 aliphatic carbocycles. The van der Waals surface area contributed by atoms with Gasteiger partial charge in [-0.3, -0.25) is 9.36 Å². The van der Waals surface area contributed by atoms with Crippen LogP contribution in [0.25, 0.3) is 5.69 Å². The molecule has 8 heteroatoms. The summed E-state index contributed by atoms with van der Waals surface area (Å²) in [6.45, 7) is 3.96. The highest BCUT2D eigenvalue weighted by molar-refractivity contribution is 7.73. The number of aromatic nitrogens is 1. The summed E-state index contributed by atoms with van der Waals surface area (Å²) in [5.41, 5.74) is 9.54.